The number of amides is 2. The van der Waals surface area contributed by atoms with Gasteiger partial charge in [-0.25, -0.2) is 0 Å². The van der Waals surface area contributed by atoms with Crippen LogP contribution in [0.25, 0.3) is 11.1 Å². The lowest BCUT2D eigenvalue weighted by Gasteiger charge is -2.30. The zero-order valence-corrected chi connectivity index (χ0v) is 18.7. The first-order chi connectivity index (χ1) is 15.5. The number of nitrogens with one attached hydrogen (secondary N) is 2. The molecule has 0 spiro atoms. The molecule has 6 heteroatoms. The van der Waals surface area contributed by atoms with E-state index in [0.717, 1.165) is 53.6 Å². The smallest absolute Gasteiger partial charge is 0.238 e. The molecule has 2 aromatic carbocycles. The van der Waals surface area contributed by atoms with Gasteiger partial charge < -0.3 is 15.5 Å². The van der Waals surface area contributed by atoms with Gasteiger partial charge in [-0.15, -0.1) is 0 Å². The summed E-state index contributed by atoms with van der Waals surface area (Å²) in [6, 6.07) is 16.0. The van der Waals surface area contributed by atoms with Gasteiger partial charge >= 0.3 is 0 Å². The predicted octanol–water partition coefficient (Wildman–Crippen LogP) is 3.34. The minimum Gasteiger partial charge on any atom is -0.339 e. The van der Waals surface area contributed by atoms with Crippen molar-refractivity contribution in [1.82, 2.24) is 10.6 Å². The lowest BCUT2D eigenvalue weighted by molar-refractivity contribution is -0.124. The van der Waals surface area contributed by atoms with Gasteiger partial charge in [-0.1, -0.05) is 43.3 Å². The van der Waals surface area contributed by atoms with Gasteiger partial charge in [-0.3, -0.25) is 9.59 Å². The van der Waals surface area contributed by atoms with E-state index in [-0.39, 0.29) is 17.9 Å². The van der Waals surface area contributed by atoms with Crippen molar-refractivity contribution in [3.8, 4) is 17.2 Å². The van der Waals surface area contributed by atoms with Crippen LogP contribution < -0.4 is 15.5 Å². The molecule has 1 fully saturated rings. The highest BCUT2D eigenvalue weighted by atomic mass is 16.2. The Bertz CT molecular complexity index is 1040. The molecular formula is C26H30N4O2. The molecular weight excluding hydrogens is 400 g/mol. The van der Waals surface area contributed by atoms with Crippen molar-refractivity contribution in [1.29, 1.82) is 5.26 Å². The molecule has 166 valence electrons. The van der Waals surface area contributed by atoms with E-state index in [9.17, 15) is 14.9 Å². The first kappa shape index (κ1) is 22.0. The zero-order valence-electron chi connectivity index (χ0n) is 18.7. The van der Waals surface area contributed by atoms with Gasteiger partial charge in [0, 0.05) is 25.2 Å². The third kappa shape index (κ3) is 4.68. The van der Waals surface area contributed by atoms with Crippen LogP contribution in [0.4, 0.5) is 5.69 Å². The van der Waals surface area contributed by atoms with Crippen LogP contribution in [-0.4, -0.2) is 37.0 Å². The molecule has 4 rings (SSSR count). The zero-order chi connectivity index (χ0) is 22.7. The molecule has 0 radical (unpaired) electrons. The van der Waals surface area contributed by atoms with Crippen molar-refractivity contribution in [2.45, 2.75) is 63.6 Å². The van der Waals surface area contributed by atoms with Crippen molar-refractivity contribution in [3.63, 3.8) is 0 Å². The number of carbonyl (C=O) groups is 2. The molecule has 2 heterocycles. The third-order valence-corrected chi connectivity index (χ3v) is 6.65. The van der Waals surface area contributed by atoms with Gasteiger partial charge in [0.1, 0.15) is 6.04 Å². The number of fused-ring (bicyclic) bond motifs is 1. The summed E-state index contributed by atoms with van der Waals surface area (Å²) in [6.45, 7) is 2.13. The molecule has 0 aromatic heterocycles. The molecule has 0 saturated carbocycles. The van der Waals surface area contributed by atoms with Crippen molar-refractivity contribution in [2.24, 2.45) is 0 Å². The van der Waals surface area contributed by atoms with Gasteiger partial charge in [0.2, 0.25) is 11.8 Å². The molecule has 0 aliphatic carbocycles. The van der Waals surface area contributed by atoms with Crippen LogP contribution >= 0.6 is 0 Å². The number of benzene rings is 2. The summed E-state index contributed by atoms with van der Waals surface area (Å²) in [6.07, 6.45) is 4.89. The largest absolute Gasteiger partial charge is 0.339 e. The second kappa shape index (κ2) is 9.54. The second-order valence-electron chi connectivity index (χ2n) is 8.82. The van der Waals surface area contributed by atoms with Gasteiger partial charge in [0.25, 0.3) is 0 Å². The average Bonchev–Trinajstić information content (AvgIpc) is 3.11. The fourth-order valence-electron chi connectivity index (χ4n) is 4.64. The summed E-state index contributed by atoms with van der Waals surface area (Å²) >= 11 is 0. The van der Waals surface area contributed by atoms with Crippen LogP contribution in [0.15, 0.2) is 42.5 Å². The SMILES string of the molecule is CCC1CCCC(C(=O)NC(C#N)Cc2ccc(-c3ccc4c(c3)N(C)C(=O)C4)cc2)N1. The normalized spacial score (nSPS) is 21.0. The maximum Gasteiger partial charge on any atom is 0.238 e. The maximum atomic E-state index is 12.6. The molecule has 0 bridgehead atoms. The highest BCUT2D eigenvalue weighted by Crippen LogP contribution is 2.32. The first-order valence-corrected chi connectivity index (χ1v) is 11.4. The Morgan fingerprint density at radius 2 is 1.97 bits per heavy atom. The molecule has 3 unspecified atom stereocenters. The van der Waals surface area contributed by atoms with E-state index in [4.69, 9.17) is 0 Å². The standard InChI is InChI=1S/C26H30N4O2/c1-3-21-5-4-6-23(28-21)26(32)29-22(16-27)13-17-7-9-18(10-8-17)19-11-12-20-15-25(31)30(2)24(20)14-19/h7-12,14,21-23,28H,3-6,13,15H2,1-2H3,(H,29,32). The van der Waals surface area contributed by atoms with E-state index in [1.54, 1.807) is 4.90 Å². The number of hydrogen-bond acceptors (Lipinski definition) is 4. The molecule has 2 aliphatic heterocycles. The molecule has 2 aromatic rings. The Kier molecular flexibility index (Phi) is 6.57. The minimum atomic E-state index is -0.559. The lowest BCUT2D eigenvalue weighted by Crippen LogP contribution is -2.52. The summed E-state index contributed by atoms with van der Waals surface area (Å²) in [4.78, 5) is 26.3. The number of rotatable bonds is 6. The van der Waals surface area contributed by atoms with Crippen molar-refractivity contribution >= 4 is 17.5 Å². The molecule has 1 saturated heterocycles. The molecule has 32 heavy (non-hydrogen) atoms. The van der Waals surface area contributed by atoms with E-state index in [2.05, 4.69) is 23.6 Å². The first-order valence-electron chi connectivity index (χ1n) is 11.4. The van der Waals surface area contributed by atoms with E-state index in [1.807, 2.05) is 49.5 Å². The maximum absolute atomic E-state index is 12.6. The van der Waals surface area contributed by atoms with Crippen LogP contribution in [0.3, 0.4) is 0 Å². The quantitative estimate of drug-likeness (QED) is 0.736. The number of likely N-dealkylation sites (N-methyl/N-ethyl adjacent to an activating group) is 1. The highest BCUT2D eigenvalue weighted by molar-refractivity contribution is 6.01. The molecule has 2 N–H and O–H groups in total. The lowest BCUT2D eigenvalue weighted by atomic mass is 9.96. The summed E-state index contributed by atoms with van der Waals surface area (Å²) in [5.41, 5.74) is 5.13. The Balaban J connectivity index is 1.39. The Morgan fingerprint density at radius 1 is 1.22 bits per heavy atom. The fourth-order valence-corrected chi connectivity index (χ4v) is 4.64. The number of hydrogen-bond donors (Lipinski definition) is 2. The number of carbonyl (C=O) groups excluding carboxylic acids is 2. The van der Waals surface area contributed by atoms with Crippen LogP contribution in [0.2, 0.25) is 0 Å². The molecule has 3 atom stereocenters. The summed E-state index contributed by atoms with van der Waals surface area (Å²) in [5, 5.41) is 15.9. The van der Waals surface area contributed by atoms with Crippen molar-refractivity contribution in [2.75, 3.05) is 11.9 Å². The number of nitriles is 1. The van der Waals surface area contributed by atoms with E-state index < -0.39 is 6.04 Å². The van der Waals surface area contributed by atoms with Crippen LogP contribution in [-0.2, 0) is 22.4 Å². The van der Waals surface area contributed by atoms with Crippen LogP contribution in [0, 0.1) is 11.3 Å². The number of piperidine rings is 1. The van der Waals surface area contributed by atoms with Gasteiger partial charge in [0.15, 0.2) is 0 Å². The van der Waals surface area contributed by atoms with Gasteiger partial charge in [-0.2, -0.15) is 5.26 Å². The number of nitrogens with zero attached hydrogens (tertiary/aromatic N) is 2. The molecule has 2 amide bonds. The Morgan fingerprint density at radius 3 is 2.69 bits per heavy atom. The topological polar surface area (TPSA) is 85.2 Å². The third-order valence-electron chi connectivity index (χ3n) is 6.65. The fraction of sp³-hybridized carbons (Fsp3) is 0.423. The van der Waals surface area contributed by atoms with Crippen molar-refractivity contribution in [3.05, 3.63) is 53.6 Å². The highest BCUT2D eigenvalue weighted by Gasteiger charge is 2.27. The molecule has 2 aliphatic rings. The van der Waals surface area contributed by atoms with E-state index in [0.29, 0.717) is 18.9 Å². The van der Waals surface area contributed by atoms with E-state index in [1.165, 1.54) is 0 Å². The Hall–Kier alpha value is -3.17. The second-order valence-corrected chi connectivity index (χ2v) is 8.82. The van der Waals surface area contributed by atoms with Crippen LogP contribution in [0.1, 0.15) is 43.7 Å². The van der Waals surface area contributed by atoms with E-state index >= 15 is 0 Å². The summed E-state index contributed by atoms with van der Waals surface area (Å²) in [5.74, 6) is 0.0360. The summed E-state index contributed by atoms with van der Waals surface area (Å²) < 4.78 is 0. The van der Waals surface area contributed by atoms with Crippen molar-refractivity contribution < 1.29 is 9.59 Å². The number of anilines is 1. The van der Waals surface area contributed by atoms with Crippen LogP contribution in [0.5, 0.6) is 0 Å². The molecule has 6 nitrogen and oxygen atoms in total. The Labute approximate surface area is 189 Å². The predicted molar refractivity (Wildman–Crippen MR) is 125 cm³/mol. The minimum absolute atomic E-state index is 0.0804. The van der Waals surface area contributed by atoms with Gasteiger partial charge in [-0.05, 0) is 54.0 Å². The monoisotopic (exact) mass is 430 g/mol. The summed E-state index contributed by atoms with van der Waals surface area (Å²) in [7, 11) is 1.81. The average molecular weight is 431 g/mol. The van der Waals surface area contributed by atoms with Gasteiger partial charge in [0.05, 0.1) is 18.5 Å².